The summed E-state index contributed by atoms with van der Waals surface area (Å²) in [5.74, 6) is 0. The van der Waals surface area contributed by atoms with Crippen molar-refractivity contribution in [2.24, 2.45) is 0 Å². The lowest BCUT2D eigenvalue weighted by Gasteiger charge is -2.12. The van der Waals surface area contributed by atoms with Crippen molar-refractivity contribution in [1.29, 1.82) is 0 Å². The molecule has 0 spiro atoms. The van der Waals surface area contributed by atoms with Gasteiger partial charge in [-0.1, -0.05) is 145 Å². The van der Waals surface area contributed by atoms with Gasteiger partial charge in [0.05, 0.1) is 28.9 Å². The van der Waals surface area contributed by atoms with Gasteiger partial charge < -0.3 is 9.13 Å². The Hall–Kier alpha value is -6.64. The molecule has 0 atom stereocenters. The zero-order chi connectivity index (χ0) is 37.4. The molecule has 2 heteroatoms. The molecule has 0 aliphatic carbocycles. The van der Waals surface area contributed by atoms with Gasteiger partial charge in [0.1, 0.15) is 0 Å². The van der Waals surface area contributed by atoms with Crippen LogP contribution in [0.1, 0.15) is 6.85 Å². The summed E-state index contributed by atoms with van der Waals surface area (Å²) in [7, 11) is 0. The average Bonchev–Trinajstić information content (AvgIpc) is 3.74. The first-order valence-electron chi connectivity index (χ1n) is 19.3. The standard InChI is InChI=1S/C48H32N2/c1-3-13-33(14-4-1)35-25-27-36(28-26-35)38-18-12-20-40(30-38)50-46-24-10-8-22-42(46)44-31-43-41-21-7-9-23-45(41)49(47(43)32-48(44)50)39-19-11-17-37(29-39)34-15-5-2-6-16-34/h1-32H/i1D,3D,4D,13D,14D. The number of nitrogens with zero attached hydrogens (tertiary/aromatic N) is 2. The highest BCUT2D eigenvalue weighted by atomic mass is 15.0. The fourth-order valence-electron chi connectivity index (χ4n) is 7.49. The summed E-state index contributed by atoms with van der Waals surface area (Å²) < 4.78 is 45.8. The van der Waals surface area contributed by atoms with Gasteiger partial charge in [0.25, 0.3) is 0 Å². The van der Waals surface area contributed by atoms with Crippen LogP contribution < -0.4 is 0 Å². The lowest BCUT2D eigenvalue weighted by atomic mass is 10.00. The van der Waals surface area contributed by atoms with Gasteiger partial charge in [-0.05, 0) is 81.9 Å². The molecule has 0 radical (unpaired) electrons. The second kappa shape index (κ2) is 11.5. The number of hydrogen-bond acceptors (Lipinski definition) is 0. The molecule has 0 N–H and O–H groups in total. The number of aromatic nitrogens is 2. The van der Waals surface area contributed by atoms with Crippen LogP contribution in [0.25, 0.3) is 88.4 Å². The van der Waals surface area contributed by atoms with Crippen molar-refractivity contribution >= 4 is 43.6 Å². The zero-order valence-electron chi connectivity index (χ0n) is 32.0. The van der Waals surface area contributed by atoms with Crippen molar-refractivity contribution in [2.75, 3.05) is 0 Å². The first-order chi connectivity index (χ1) is 26.9. The van der Waals surface area contributed by atoms with E-state index in [0.717, 1.165) is 50.1 Å². The van der Waals surface area contributed by atoms with E-state index in [2.05, 4.69) is 143 Å². The molecule has 0 saturated heterocycles. The highest BCUT2D eigenvalue weighted by Gasteiger charge is 2.19. The molecule has 0 aliphatic heterocycles. The quantitative estimate of drug-likeness (QED) is 0.177. The Labute approximate surface area is 297 Å². The third kappa shape index (κ3) is 4.57. The van der Waals surface area contributed by atoms with Crippen molar-refractivity contribution in [3.63, 3.8) is 0 Å². The summed E-state index contributed by atoms with van der Waals surface area (Å²) in [4.78, 5) is 0. The van der Waals surface area contributed by atoms with E-state index in [9.17, 15) is 0 Å². The molecule has 10 rings (SSSR count). The molecule has 50 heavy (non-hydrogen) atoms. The van der Waals surface area contributed by atoms with Crippen molar-refractivity contribution in [1.82, 2.24) is 9.13 Å². The minimum absolute atomic E-state index is 0.201. The minimum Gasteiger partial charge on any atom is -0.309 e. The molecule has 0 bridgehead atoms. The molecule has 2 nitrogen and oxygen atoms in total. The maximum atomic E-state index is 8.44. The van der Waals surface area contributed by atoms with Crippen LogP contribution in [-0.2, 0) is 0 Å². The first-order valence-corrected chi connectivity index (χ1v) is 16.8. The first kappa shape index (κ1) is 23.6. The molecule has 0 unspecified atom stereocenters. The number of hydrogen-bond donors (Lipinski definition) is 0. The monoisotopic (exact) mass is 641 g/mol. The van der Waals surface area contributed by atoms with Crippen molar-refractivity contribution in [3.8, 4) is 44.8 Å². The Kier molecular flexibility index (Phi) is 5.44. The molecule has 0 fully saturated rings. The van der Waals surface area contributed by atoms with E-state index in [1.165, 1.54) is 27.1 Å². The third-order valence-corrected chi connectivity index (χ3v) is 9.79. The highest BCUT2D eigenvalue weighted by molar-refractivity contribution is 6.19. The maximum Gasteiger partial charge on any atom is 0.0629 e. The largest absolute Gasteiger partial charge is 0.309 e. The number of rotatable bonds is 5. The van der Waals surface area contributed by atoms with Crippen LogP contribution in [0.15, 0.2) is 194 Å². The van der Waals surface area contributed by atoms with E-state index in [-0.39, 0.29) is 29.7 Å². The minimum atomic E-state index is -0.392. The summed E-state index contributed by atoms with van der Waals surface area (Å²) in [5, 5.41) is 4.76. The van der Waals surface area contributed by atoms with Crippen LogP contribution in [0, 0.1) is 0 Å². The Morgan fingerprint density at radius 3 is 1.32 bits per heavy atom. The van der Waals surface area contributed by atoms with Crippen LogP contribution in [0.2, 0.25) is 0 Å². The average molecular weight is 642 g/mol. The van der Waals surface area contributed by atoms with E-state index in [1.54, 1.807) is 0 Å². The van der Waals surface area contributed by atoms with Crippen molar-refractivity contribution < 1.29 is 6.85 Å². The lowest BCUT2D eigenvalue weighted by Crippen LogP contribution is -1.96. The van der Waals surface area contributed by atoms with Gasteiger partial charge in [0, 0.05) is 32.9 Å². The molecular weight excluding hydrogens is 605 g/mol. The molecule has 2 aromatic heterocycles. The van der Waals surface area contributed by atoms with Gasteiger partial charge in [-0.3, -0.25) is 0 Å². The van der Waals surface area contributed by atoms with Crippen LogP contribution in [0.3, 0.4) is 0 Å². The maximum absolute atomic E-state index is 8.44. The molecular formula is C48H32N2. The van der Waals surface area contributed by atoms with E-state index < -0.39 is 6.04 Å². The van der Waals surface area contributed by atoms with Crippen molar-refractivity contribution in [2.45, 2.75) is 0 Å². The Morgan fingerprint density at radius 2 is 0.760 bits per heavy atom. The van der Waals surface area contributed by atoms with Crippen LogP contribution in [-0.4, -0.2) is 9.13 Å². The zero-order valence-corrected chi connectivity index (χ0v) is 27.0. The molecule has 0 aliphatic rings. The van der Waals surface area contributed by atoms with Gasteiger partial charge in [-0.25, -0.2) is 0 Å². The Bertz CT molecular complexity index is 3110. The number of fused-ring (bicyclic) bond motifs is 6. The summed E-state index contributed by atoms with van der Waals surface area (Å²) >= 11 is 0. The SMILES string of the molecule is [2H]c1c([2H])c([2H])c(-c2ccc(-c3cccc(-n4c5ccccc5c5cc6c7ccccc7n(-c7cccc(-c8ccccc8)c7)c6cc54)c3)cc2)c([2H])c1[2H]. The van der Waals surface area contributed by atoms with Crippen LogP contribution >= 0.6 is 0 Å². The highest BCUT2D eigenvalue weighted by Crippen LogP contribution is 2.40. The molecule has 2 heterocycles. The normalized spacial score (nSPS) is 13.0. The topological polar surface area (TPSA) is 9.86 Å². The fourth-order valence-corrected chi connectivity index (χ4v) is 7.49. The molecule has 0 saturated carbocycles. The summed E-state index contributed by atoms with van der Waals surface area (Å²) in [6.07, 6.45) is 0. The Balaban J connectivity index is 1.15. The van der Waals surface area contributed by atoms with Gasteiger partial charge in [-0.15, -0.1) is 0 Å². The summed E-state index contributed by atoms with van der Waals surface area (Å²) in [5.41, 5.74) is 11.7. The van der Waals surface area contributed by atoms with Gasteiger partial charge in [-0.2, -0.15) is 0 Å². The molecule has 0 amide bonds. The molecule has 234 valence electrons. The van der Waals surface area contributed by atoms with E-state index >= 15 is 0 Å². The van der Waals surface area contributed by atoms with Gasteiger partial charge in [0.2, 0.25) is 0 Å². The number of para-hydroxylation sites is 2. The van der Waals surface area contributed by atoms with Crippen LogP contribution in [0.5, 0.6) is 0 Å². The second-order valence-electron chi connectivity index (χ2n) is 12.6. The van der Waals surface area contributed by atoms with E-state index in [4.69, 9.17) is 6.85 Å². The summed E-state index contributed by atoms with van der Waals surface area (Å²) in [6.45, 7) is 0. The smallest absolute Gasteiger partial charge is 0.0629 e. The third-order valence-electron chi connectivity index (χ3n) is 9.79. The fraction of sp³-hybridized carbons (Fsp3) is 0. The number of benzene rings is 8. The van der Waals surface area contributed by atoms with Crippen LogP contribution in [0.4, 0.5) is 0 Å². The van der Waals surface area contributed by atoms with E-state index in [1.807, 2.05) is 30.3 Å². The predicted octanol–water partition coefficient (Wildman–Crippen LogP) is 12.9. The Morgan fingerprint density at radius 1 is 0.300 bits per heavy atom. The second-order valence-corrected chi connectivity index (χ2v) is 12.6. The lowest BCUT2D eigenvalue weighted by molar-refractivity contribution is 1.16. The molecule has 10 aromatic rings. The van der Waals surface area contributed by atoms with E-state index in [0.29, 0.717) is 5.56 Å². The predicted molar refractivity (Wildman–Crippen MR) is 211 cm³/mol. The van der Waals surface area contributed by atoms with Gasteiger partial charge in [0.15, 0.2) is 0 Å². The molecule has 8 aromatic carbocycles. The van der Waals surface area contributed by atoms with Gasteiger partial charge >= 0.3 is 0 Å². The van der Waals surface area contributed by atoms with Crippen molar-refractivity contribution in [3.05, 3.63) is 194 Å². The summed E-state index contributed by atoms with van der Waals surface area (Å²) in [6, 6.07) is 55.7.